The number of aliphatic carboxylic acids is 1. The van der Waals surface area contributed by atoms with Crippen molar-refractivity contribution >= 4 is 35.1 Å². The number of halogens is 1. The van der Waals surface area contributed by atoms with Crippen LogP contribution in [0.4, 0.5) is 0 Å². The van der Waals surface area contributed by atoms with Crippen molar-refractivity contribution in [2.24, 2.45) is 5.92 Å². The smallest absolute Gasteiger partial charge is 0.310 e. The highest BCUT2D eigenvalue weighted by Gasteiger charge is 2.41. The summed E-state index contributed by atoms with van der Waals surface area (Å²) in [5, 5.41) is 30.4. The number of carbonyl (C=O) groups is 2. The van der Waals surface area contributed by atoms with Crippen LogP contribution < -0.4 is 0 Å². The number of rotatable bonds is 14. The zero-order valence-electron chi connectivity index (χ0n) is 18.7. The van der Waals surface area contributed by atoms with Crippen LogP contribution in [0.2, 0.25) is 5.02 Å². The zero-order chi connectivity index (χ0) is 23.5. The number of carbonyl (C=O) groups excluding carboxylic acids is 1. The van der Waals surface area contributed by atoms with Gasteiger partial charge in [0.2, 0.25) is 0 Å². The maximum atomic E-state index is 12.4. The fraction of sp³-hybridized carbons (Fsp3) is 0.600. The van der Waals surface area contributed by atoms with E-state index in [1.807, 2.05) is 12.2 Å². The molecule has 1 aromatic rings. The van der Waals surface area contributed by atoms with Crippen LogP contribution in [0.15, 0.2) is 36.4 Å². The predicted octanol–water partition coefficient (Wildman–Crippen LogP) is 5.23. The van der Waals surface area contributed by atoms with Crippen molar-refractivity contribution in [3.05, 3.63) is 47.0 Å². The fourth-order valence-electron chi connectivity index (χ4n) is 4.10. The number of aliphatic hydroxyl groups excluding tert-OH is 2. The summed E-state index contributed by atoms with van der Waals surface area (Å²) in [6.45, 7) is 2.12. The lowest BCUT2D eigenvalue weighted by molar-refractivity contribution is -0.139. The Hall–Kier alpha value is -1.34. The molecule has 0 aromatic heterocycles. The highest BCUT2D eigenvalue weighted by atomic mass is 35.5. The van der Waals surface area contributed by atoms with E-state index in [2.05, 4.69) is 6.92 Å². The fourth-order valence-corrected chi connectivity index (χ4v) is 5.66. The van der Waals surface area contributed by atoms with Crippen LogP contribution in [0.3, 0.4) is 0 Å². The van der Waals surface area contributed by atoms with E-state index < -0.39 is 24.1 Å². The Morgan fingerprint density at radius 3 is 2.59 bits per heavy atom. The maximum absolute atomic E-state index is 12.4. The van der Waals surface area contributed by atoms with E-state index in [-0.39, 0.29) is 23.4 Å². The molecule has 5 nitrogen and oxygen atoms in total. The second kappa shape index (κ2) is 14.0. The molecule has 2 rings (SSSR count). The van der Waals surface area contributed by atoms with Crippen LogP contribution in [-0.2, 0) is 9.59 Å². The lowest BCUT2D eigenvalue weighted by Gasteiger charge is -2.21. The molecule has 0 heterocycles. The first-order valence-corrected chi connectivity index (χ1v) is 12.9. The summed E-state index contributed by atoms with van der Waals surface area (Å²) in [5.74, 6) is -1.15. The van der Waals surface area contributed by atoms with Gasteiger partial charge in [-0.15, -0.1) is 0 Å². The molecule has 1 fully saturated rings. The molecular weight excluding hydrogens is 448 g/mol. The third kappa shape index (κ3) is 8.54. The van der Waals surface area contributed by atoms with Crippen LogP contribution in [-0.4, -0.2) is 50.3 Å². The summed E-state index contributed by atoms with van der Waals surface area (Å²) in [7, 11) is 0. The first-order chi connectivity index (χ1) is 15.3. The Morgan fingerprint density at radius 1 is 1.22 bits per heavy atom. The number of carboxylic acids is 1. The van der Waals surface area contributed by atoms with Gasteiger partial charge in [-0.05, 0) is 43.4 Å². The number of thioether (sulfide) groups is 1. The second-order valence-corrected chi connectivity index (χ2v) is 10.2. The number of ketones is 1. The number of unbranched alkanes of at least 4 members (excludes halogenated alkanes) is 2. The van der Waals surface area contributed by atoms with E-state index >= 15 is 0 Å². The number of allylic oxidation sites excluding steroid dienone is 2. The van der Waals surface area contributed by atoms with E-state index in [0.717, 1.165) is 31.2 Å². The molecule has 1 saturated carbocycles. The van der Waals surface area contributed by atoms with E-state index in [1.54, 1.807) is 24.3 Å². The molecule has 178 valence electrons. The van der Waals surface area contributed by atoms with Crippen LogP contribution in [0, 0.1) is 5.92 Å². The van der Waals surface area contributed by atoms with Gasteiger partial charge >= 0.3 is 5.97 Å². The lowest BCUT2D eigenvalue weighted by Crippen LogP contribution is -2.25. The molecule has 0 spiro atoms. The summed E-state index contributed by atoms with van der Waals surface area (Å²) >= 11 is 7.38. The van der Waals surface area contributed by atoms with E-state index in [0.29, 0.717) is 30.0 Å². The molecule has 1 aromatic carbocycles. The number of Topliss-reactive ketones (excluding diaryl/α,β-unsaturated/α-hetero) is 1. The van der Waals surface area contributed by atoms with Gasteiger partial charge < -0.3 is 15.3 Å². The Bertz CT molecular complexity index is 751. The highest BCUT2D eigenvalue weighted by molar-refractivity contribution is 8.00. The number of carboxylic acid groups (broad SMARTS) is 1. The molecule has 3 unspecified atom stereocenters. The monoisotopic (exact) mass is 482 g/mol. The molecule has 0 bridgehead atoms. The molecule has 0 saturated heterocycles. The zero-order valence-corrected chi connectivity index (χ0v) is 20.2. The Morgan fingerprint density at radius 2 is 1.94 bits per heavy atom. The topological polar surface area (TPSA) is 94.8 Å². The molecule has 0 aliphatic heterocycles. The molecule has 0 amide bonds. The molecule has 5 atom stereocenters. The third-order valence-electron chi connectivity index (χ3n) is 5.97. The summed E-state index contributed by atoms with van der Waals surface area (Å²) in [6.07, 6.45) is 8.44. The number of hydrogen-bond donors (Lipinski definition) is 3. The van der Waals surface area contributed by atoms with Gasteiger partial charge in [-0.2, -0.15) is 11.8 Å². The van der Waals surface area contributed by atoms with Crippen LogP contribution in [0.25, 0.3) is 0 Å². The van der Waals surface area contributed by atoms with Crippen molar-refractivity contribution in [1.29, 1.82) is 0 Å². The minimum Gasteiger partial charge on any atom is -0.481 e. The van der Waals surface area contributed by atoms with Gasteiger partial charge in [0.1, 0.15) is 5.78 Å². The van der Waals surface area contributed by atoms with Crippen molar-refractivity contribution < 1.29 is 24.9 Å². The van der Waals surface area contributed by atoms with Crippen LogP contribution in [0.5, 0.6) is 0 Å². The largest absolute Gasteiger partial charge is 0.481 e. The van der Waals surface area contributed by atoms with Gasteiger partial charge in [0, 0.05) is 28.4 Å². The van der Waals surface area contributed by atoms with E-state index in [9.17, 15) is 24.9 Å². The summed E-state index contributed by atoms with van der Waals surface area (Å²) in [4.78, 5) is 24.0. The van der Waals surface area contributed by atoms with E-state index in [4.69, 9.17) is 11.6 Å². The van der Waals surface area contributed by atoms with E-state index in [1.165, 1.54) is 11.8 Å². The van der Waals surface area contributed by atoms with Gasteiger partial charge in [-0.3, -0.25) is 9.59 Å². The number of hydrogen-bond acceptors (Lipinski definition) is 5. The Balaban J connectivity index is 1.83. The molecular formula is C25H35ClO5S. The van der Waals surface area contributed by atoms with Crippen molar-refractivity contribution in [2.45, 2.75) is 81.7 Å². The first kappa shape index (κ1) is 26.9. The quantitative estimate of drug-likeness (QED) is 0.248. The number of benzene rings is 1. The second-order valence-electron chi connectivity index (χ2n) is 8.52. The van der Waals surface area contributed by atoms with Crippen molar-refractivity contribution in [2.75, 3.05) is 5.75 Å². The minimum atomic E-state index is -0.872. The average molecular weight is 483 g/mol. The third-order valence-corrected chi connectivity index (χ3v) is 7.83. The summed E-state index contributed by atoms with van der Waals surface area (Å²) in [6, 6.07) is 6.86. The maximum Gasteiger partial charge on any atom is 0.310 e. The van der Waals surface area contributed by atoms with Crippen molar-refractivity contribution in [3.63, 3.8) is 0 Å². The van der Waals surface area contributed by atoms with Crippen molar-refractivity contribution in [3.8, 4) is 0 Å². The highest BCUT2D eigenvalue weighted by Crippen LogP contribution is 2.36. The summed E-state index contributed by atoms with van der Waals surface area (Å²) in [5.41, 5.74) is 0.721. The first-order valence-electron chi connectivity index (χ1n) is 11.5. The van der Waals surface area contributed by atoms with Gasteiger partial charge in [-0.25, -0.2) is 0 Å². The van der Waals surface area contributed by atoms with Crippen molar-refractivity contribution in [1.82, 2.24) is 0 Å². The molecule has 1 aliphatic carbocycles. The summed E-state index contributed by atoms with van der Waals surface area (Å²) < 4.78 is 0. The molecule has 7 heteroatoms. The Kier molecular flexibility index (Phi) is 11.8. The minimum absolute atomic E-state index is 0.0599. The van der Waals surface area contributed by atoms with Crippen LogP contribution >= 0.6 is 23.4 Å². The molecule has 1 aliphatic rings. The molecule has 32 heavy (non-hydrogen) atoms. The number of aliphatic hydroxyl groups is 2. The predicted molar refractivity (Wildman–Crippen MR) is 130 cm³/mol. The van der Waals surface area contributed by atoms with Gasteiger partial charge in [0.05, 0.1) is 18.1 Å². The van der Waals surface area contributed by atoms with Gasteiger partial charge in [0.15, 0.2) is 0 Å². The van der Waals surface area contributed by atoms with Gasteiger partial charge in [0.25, 0.3) is 0 Å². The SMILES string of the molecule is CCCCCC(O)CS[C@H]1C(O)CC(=O)[C@@H]1CC=CCCC(C(=O)O)c1ccc(Cl)cc1. The van der Waals surface area contributed by atoms with Crippen LogP contribution in [0.1, 0.15) is 69.8 Å². The normalized spacial score (nSPS) is 23.0. The Labute approximate surface area is 200 Å². The molecule has 0 radical (unpaired) electrons. The standard InChI is InChI=1S/C25H35ClO5S/c1-2-3-5-8-19(27)16-32-24-21(22(28)15-23(24)29)10-7-4-6-9-20(25(30)31)17-11-13-18(26)14-12-17/h4,7,11-14,19-21,23-24,27,29H,2-3,5-6,8-10,15-16H2,1H3,(H,30,31)/t19?,20?,21-,23?,24+/m0/s1. The lowest BCUT2D eigenvalue weighted by atomic mass is 9.94. The average Bonchev–Trinajstić information content (AvgIpc) is 3.02. The molecule has 3 N–H and O–H groups in total. The van der Waals surface area contributed by atoms with Gasteiger partial charge in [-0.1, -0.05) is 62.1 Å².